The van der Waals surface area contributed by atoms with Crippen molar-refractivity contribution in [1.82, 2.24) is 0 Å². The molecular weight excluding hydrogens is 900 g/mol. The Morgan fingerprint density at radius 1 is 0.779 bits per heavy atom. The number of phosphoric acid groups is 1. The van der Waals surface area contributed by atoms with E-state index >= 15 is 0 Å². The van der Waals surface area contributed by atoms with Crippen molar-refractivity contribution in [3.05, 3.63) is 48.6 Å². The first-order valence-electron chi connectivity index (χ1n) is 25.5. The molecule has 1 aliphatic carbocycles. The van der Waals surface area contributed by atoms with Gasteiger partial charge < -0.3 is 50.1 Å². The number of aliphatic hydroxyl groups is 7. The normalized spacial score (nSPS) is 30.6. The first kappa shape index (κ1) is 61.5. The molecular formula is C51H87O16P. The van der Waals surface area contributed by atoms with Gasteiger partial charge in [-0.1, -0.05) is 140 Å². The maximum Gasteiger partial charge on any atom is 0.472 e. The number of rotatable bonds is 26. The Bertz CT molecular complexity index is 1550. The molecule has 16 nitrogen and oxygen atoms in total. The molecule has 0 spiro atoms. The molecule has 8 N–H and O–H groups in total. The second-order valence-corrected chi connectivity index (χ2v) is 19.9. The van der Waals surface area contributed by atoms with Crippen LogP contribution >= 0.6 is 7.82 Å². The molecule has 0 aromatic carbocycles. The predicted octanol–water partition coefficient (Wildman–Crippen LogP) is 7.32. The van der Waals surface area contributed by atoms with E-state index in [4.69, 9.17) is 18.5 Å². The Morgan fingerprint density at radius 2 is 1.38 bits per heavy atom. The van der Waals surface area contributed by atoms with E-state index in [2.05, 4.69) is 31.2 Å². The molecule has 2 aliphatic rings. The predicted molar refractivity (Wildman–Crippen MR) is 259 cm³/mol. The highest BCUT2D eigenvalue weighted by atomic mass is 31.2. The largest absolute Gasteiger partial charge is 0.472 e. The number of cyclic esters (lactones) is 1. The van der Waals surface area contributed by atoms with Crippen molar-refractivity contribution in [1.29, 1.82) is 0 Å². The summed E-state index contributed by atoms with van der Waals surface area (Å²) >= 11 is 0. The van der Waals surface area contributed by atoms with Crippen LogP contribution in [0.1, 0.15) is 174 Å². The SMILES string of the molecule is CCCCC/C=C\C/C=C\CCCCCCCCCCCC(=O)OC[C@@H]1COP(=O)(O)O[C@H]2[C@H](O)[C@@H](O)[C@H](O)[C@@H](C/C=C\CCCC(=O)O1)[C@@H](O)CC(=O)[C@H](/C=C/[C@@H](O)CCCCC)[C@@H](O)[C@H]2O. The van der Waals surface area contributed by atoms with Crippen LogP contribution in [0.2, 0.25) is 0 Å². The summed E-state index contributed by atoms with van der Waals surface area (Å²) in [5.41, 5.74) is 0. The number of phosphoric ester groups is 1. The van der Waals surface area contributed by atoms with Crippen LogP contribution in [-0.4, -0.2) is 127 Å². The van der Waals surface area contributed by atoms with E-state index in [0.29, 0.717) is 25.7 Å². The zero-order chi connectivity index (χ0) is 50.2. The van der Waals surface area contributed by atoms with Crippen LogP contribution < -0.4 is 0 Å². The fraction of sp³-hybridized carbons (Fsp3) is 0.784. The third kappa shape index (κ3) is 26.0. The summed E-state index contributed by atoms with van der Waals surface area (Å²) in [4.78, 5) is 50.2. The number of Topliss-reactive ketones (excluding diaryl/α,β-unsaturated/α-hetero) is 1. The smallest absolute Gasteiger partial charge is 0.462 e. The van der Waals surface area contributed by atoms with E-state index in [-0.39, 0.29) is 25.7 Å². The molecule has 2 rings (SSSR count). The van der Waals surface area contributed by atoms with Crippen molar-refractivity contribution in [2.24, 2.45) is 11.8 Å². The molecule has 12 atom stereocenters. The van der Waals surface area contributed by atoms with E-state index in [0.717, 1.165) is 57.4 Å². The summed E-state index contributed by atoms with van der Waals surface area (Å²) < 4.78 is 34.6. The van der Waals surface area contributed by atoms with Crippen LogP contribution in [0.3, 0.4) is 0 Å². The number of ketones is 1. The van der Waals surface area contributed by atoms with E-state index in [9.17, 15) is 59.6 Å². The van der Waals surface area contributed by atoms with Crippen molar-refractivity contribution >= 4 is 25.5 Å². The van der Waals surface area contributed by atoms with Gasteiger partial charge in [0.05, 0.1) is 36.9 Å². The van der Waals surface area contributed by atoms with Crippen molar-refractivity contribution in [2.45, 2.75) is 229 Å². The highest BCUT2D eigenvalue weighted by Gasteiger charge is 2.49. The number of ether oxygens (including phenoxy) is 2. The summed E-state index contributed by atoms with van der Waals surface area (Å²) in [5, 5.41) is 78.4. The van der Waals surface area contributed by atoms with Gasteiger partial charge in [0, 0.05) is 25.2 Å². The number of allylic oxidation sites excluding steroid dienone is 6. The number of hydrogen-bond donors (Lipinski definition) is 8. The van der Waals surface area contributed by atoms with E-state index in [1.54, 1.807) is 12.2 Å². The van der Waals surface area contributed by atoms with Crippen LogP contribution in [0, 0.1) is 11.8 Å². The fourth-order valence-electron chi connectivity index (χ4n) is 8.26. The molecule has 392 valence electrons. The molecule has 0 radical (unpaired) electrons. The Morgan fingerprint density at radius 3 is 2.04 bits per heavy atom. The van der Waals surface area contributed by atoms with Gasteiger partial charge in [-0.25, -0.2) is 4.57 Å². The molecule has 1 heterocycles. The first-order chi connectivity index (χ1) is 32.6. The molecule has 0 amide bonds. The van der Waals surface area contributed by atoms with Crippen LogP contribution in [0.4, 0.5) is 0 Å². The molecule has 0 aromatic heterocycles. The number of aliphatic hydroxyl groups excluding tert-OH is 7. The summed E-state index contributed by atoms with van der Waals surface area (Å²) in [6.07, 6.45) is 15.6. The summed E-state index contributed by atoms with van der Waals surface area (Å²) in [7, 11) is -5.46. The summed E-state index contributed by atoms with van der Waals surface area (Å²) in [6, 6.07) is 0. The lowest BCUT2D eigenvalue weighted by Gasteiger charge is -2.36. The molecule has 68 heavy (non-hydrogen) atoms. The summed E-state index contributed by atoms with van der Waals surface area (Å²) in [5.74, 6) is -5.14. The van der Waals surface area contributed by atoms with Gasteiger partial charge in [0.15, 0.2) is 6.10 Å². The third-order valence-electron chi connectivity index (χ3n) is 12.5. The Balaban J connectivity index is 2.04. The number of carbonyl (C=O) groups excluding carboxylic acids is 3. The number of hydrogen-bond acceptors (Lipinski definition) is 15. The molecule has 0 aromatic rings. The van der Waals surface area contributed by atoms with Gasteiger partial charge in [-0.3, -0.25) is 23.4 Å². The maximum atomic E-state index is 13.7. The summed E-state index contributed by atoms with van der Waals surface area (Å²) in [6.45, 7) is 2.78. The lowest BCUT2D eigenvalue weighted by Crippen LogP contribution is -2.55. The average Bonchev–Trinajstić information content (AvgIpc) is 3.31. The first-order valence-corrected chi connectivity index (χ1v) is 27.0. The Hall–Kier alpha value is -2.60. The highest BCUT2D eigenvalue weighted by Crippen LogP contribution is 2.47. The molecule has 1 aliphatic heterocycles. The highest BCUT2D eigenvalue weighted by molar-refractivity contribution is 7.47. The third-order valence-corrected chi connectivity index (χ3v) is 13.5. The molecule has 2 bridgehead atoms. The number of carbonyl (C=O) groups is 3. The standard InChI is InChI=1S/C51H87O16P/c1-3-5-7-8-9-10-11-12-13-14-15-16-17-18-19-20-21-22-27-31-44(55)64-36-39-37-65-68(62,63)67-51-49(60)47(58)41(34-33-38(52)29-25-6-4-2)43(54)35-42(53)40(46(57)48(59)50(51)61)30-26-23-24-28-32-45(56)66-39/h9-10,12-13,23,26,33-34,38-42,46-53,57-61H,3-8,11,14-22,24-25,27-32,35-37H2,1-2H3,(H,62,63)/b10-9-,13-12-,26-23-,34-33+/t38-,39+,40-,41-,42-,46+,47+,48-,49+,50+,51+/m0/s1. The second kappa shape index (κ2) is 36.3. The minimum absolute atomic E-state index is 0.0972. The van der Waals surface area contributed by atoms with Crippen molar-refractivity contribution < 1.29 is 78.1 Å². The number of unbranched alkanes of at least 4 members (excludes halogenated alkanes) is 14. The van der Waals surface area contributed by atoms with Crippen LogP contribution in [0.25, 0.3) is 0 Å². The van der Waals surface area contributed by atoms with Crippen LogP contribution in [0.5, 0.6) is 0 Å². The molecule has 1 fully saturated rings. The van der Waals surface area contributed by atoms with Gasteiger partial charge >= 0.3 is 19.8 Å². The van der Waals surface area contributed by atoms with Gasteiger partial charge in [0.1, 0.15) is 36.8 Å². The Labute approximate surface area is 405 Å². The number of esters is 2. The zero-order valence-electron chi connectivity index (χ0n) is 40.9. The van der Waals surface area contributed by atoms with Crippen molar-refractivity contribution in [3.63, 3.8) is 0 Å². The van der Waals surface area contributed by atoms with Gasteiger partial charge in [-0.2, -0.15) is 0 Å². The van der Waals surface area contributed by atoms with Gasteiger partial charge in [-0.05, 0) is 64.2 Å². The fourth-order valence-corrected chi connectivity index (χ4v) is 9.24. The lowest BCUT2D eigenvalue weighted by molar-refractivity contribution is -0.166. The minimum atomic E-state index is -5.46. The average molecular weight is 987 g/mol. The molecule has 1 unspecified atom stereocenters. The van der Waals surface area contributed by atoms with E-state index in [1.165, 1.54) is 57.4 Å². The van der Waals surface area contributed by atoms with Crippen molar-refractivity contribution in [2.75, 3.05) is 13.2 Å². The minimum Gasteiger partial charge on any atom is -0.462 e. The monoisotopic (exact) mass is 987 g/mol. The molecule has 17 heteroatoms. The van der Waals surface area contributed by atoms with E-state index in [1.807, 2.05) is 6.92 Å². The van der Waals surface area contributed by atoms with Gasteiger partial charge in [0.25, 0.3) is 0 Å². The van der Waals surface area contributed by atoms with E-state index < -0.39 is 112 Å². The second-order valence-electron chi connectivity index (χ2n) is 18.5. The maximum absolute atomic E-state index is 13.7. The van der Waals surface area contributed by atoms with Gasteiger partial charge in [-0.15, -0.1) is 0 Å². The van der Waals surface area contributed by atoms with Crippen LogP contribution in [0.15, 0.2) is 48.6 Å². The number of fused-ring (bicyclic) bond motifs is 4. The zero-order valence-corrected chi connectivity index (χ0v) is 41.7. The van der Waals surface area contributed by atoms with Crippen LogP contribution in [-0.2, 0) is 37.5 Å². The Kier molecular flexibility index (Phi) is 32.9. The molecule has 0 saturated heterocycles. The van der Waals surface area contributed by atoms with Crippen molar-refractivity contribution in [3.8, 4) is 0 Å². The molecule has 1 saturated carbocycles. The topological polar surface area (TPSA) is 267 Å². The lowest BCUT2D eigenvalue weighted by atomic mass is 9.83. The quantitative estimate of drug-likeness (QED) is 0.0183. The van der Waals surface area contributed by atoms with Gasteiger partial charge in [0.2, 0.25) is 0 Å².